The summed E-state index contributed by atoms with van der Waals surface area (Å²) in [6.45, 7) is 15.1. The molecule has 1 N–H and O–H groups in total. The summed E-state index contributed by atoms with van der Waals surface area (Å²) in [5.41, 5.74) is -0.113. The van der Waals surface area contributed by atoms with Crippen molar-refractivity contribution >= 4 is 0 Å². The number of nitrogens with one attached hydrogen (secondary N) is 1. The van der Waals surface area contributed by atoms with Gasteiger partial charge in [0.25, 0.3) is 0 Å². The Labute approximate surface area is 116 Å². The first-order valence-electron chi connectivity index (χ1n) is 7.84. The molecule has 0 aromatic rings. The predicted octanol–water partition coefficient (Wildman–Crippen LogP) is 5.45. The van der Waals surface area contributed by atoms with Gasteiger partial charge in [0.15, 0.2) is 0 Å². The molecule has 0 saturated heterocycles. The molecular formula is C16H38FN. The van der Waals surface area contributed by atoms with Crippen molar-refractivity contribution in [2.75, 3.05) is 20.3 Å². The number of alkyl halides is 1. The highest BCUT2D eigenvalue weighted by Crippen LogP contribution is 2.30. The van der Waals surface area contributed by atoms with Gasteiger partial charge in [-0.25, -0.2) is 0 Å². The second-order valence-electron chi connectivity index (χ2n) is 4.57. The summed E-state index contributed by atoms with van der Waals surface area (Å²) >= 11 is 0. The van der Waals surface area contributed by atoms with E-state index in [1.165, 1.54) is 6.42 Å². The summed E-state index contributed by atoms with van der Waals surface area (Å²) in [6.07, 6.45) is 4.29. The summed E-state index contributed by atoms with van der Waals surface area (Å²) < 4.78 is 13.0. The normalized spacial score (nSPS) is 14.5. The second-order valence-corrected chi connectivity index (χ2v) is 4.57. The van der Waals surface area contributed by atoms with Gasteiger partial charge in [-0.05, 0) is 25.8 Å². The van der Waals surface area contributed by atoms with Gasteiger partial charge in [-0.3, -0.25) is 4.39 Å². The topological polar surface area (TPSA) is 12.0 Å². The maximum atomic E-state index is 13.0. The minimum atomic E-state index is -0.194. The molecular weight excluding hydrogens is 225 g/mol. The Morgan fingerprint density at radius 1 is 1.11 bits per heavy atom. The van der Waals surface area contributed by atoms with Crippen molar-refractivity contribution in [3.05, 3.63) is 0 Å². The first-order chi connectivity index (χ1) is 8.64. The van der Waals surface area contributed by atoms with E-state index in [1.54, 1.807) is 0 Å². The lowest BCUT2D eigenvalue weighted by Gasteiger charge is -2.30. The van der Waals surface area contributed by atoms with Gasteiger partial charge >= 0.3 is 0 Å². The standard InChI is InChI=1S/C12H26FN.2C2H6/c1-5-11(3)7-8-12(6-2,9-13)10-14-4;2*1-2/h11,14H,5-10H2,1-4H3;2*1-2H3. The zero-order chi connectivity index (χ0) is 15.0. The van der Waals surface area contributed by atoms with Crippen LogP contribution in [0.1, 0.15) is 74.1 Å². The molecule has 0 aromatic heterocycles. The summed E-state index contributed by atoms with van der Waals surface area (Å²) in [6, 6.07) is 0. The van der Waals surface area contributed by atoms with Crippen molar-refractivity contribution in [2.45, 2.75) is 74.1 Å². The summed E-state index contributed by atoms with van der Waals surface area (Å²) in [5, 5.41) is 3.11. The molecule has 0 rings (SSSR count). The van der Waals surface area contributed by atoms with Gasteiger partial charge in [-0.2, -0.15) is 0 Å². The quantitative estimate of drug-likeness (QED) is 0.614. The number of hydrogen-bond donors (Lipinski definition) is 1. The molecule has 0 radical (unpaired) electrons. The average molecular weight is 263 g/mol. The molecule has 0 heterocycles. The van der Waals surface area contributed by atoms with Crippen molar-refractivity contribution in [2.24, 2.45) is 11.3 Å². The Morgan fingerprint density at radius 2 is 1.61 bits per heavy atom. The Balaban J connectivity index is -0.000000506. The van der Waals surface area contributed by atoms with Crippen LogP contribution in [0.2, 0.25) is 0 Å². The lowest BCUT2D eigenvalue weighted by Crippen LogP contribution is -2.34. The van der Waals surface area contributed by atoms with Crippen molar-refractivity contribution in [1.82, 2.24) is 5.32 Å². The third-order valence-electron chi connectivity index (χ3n) is 3.45. The van der Waals surface area contributed by atoms with E-state index in [9.17, 15) is 4.39 Å². The minimum absolute atomic E-state index is 0.113. The Bertz CT molecular complexity index is 133. The van der Waals surface area contributed by atoms with E-state index >= 15 is 0 Å². The molecule has 18 heavy (non-hydrogen) atoms. The average Bonchev–Trinajstić information content (AvgIpc) is 2.47. The number of halogens is 1. The van der Waals surface area contributed by atoms with Gasteiger partial charge in [-0.1, -0.05) is 61.3 Å². The lowest BCUT2D eigenvalue weighted by atomic mass is 9.79. The van der Waals surface area contributed by atoms with Crippen LogP contribution >= 0.6 is 0 Å². The molecule has 2 heteroatoms. The first kappa shape index (κ1) is 23.0. The molecule has 0 aliphatic carbocycles. The summed E-state index contributed by atoms with van der Waals surface area (Å²) in [4.78, 5) is 0. The fraction of sp³-hybridized carbons (Fsp3) is 1.00. The Kier molecular flexibility index (Phi) is 21.6. The predicted molar refractivity (Wildman–Crippen MR) is 84.0 cm³/mol. The van der Waals surface area contributed by atoms with Crippen molar-refractivity contribution in [3.8, 4) is 0 Å². The maximum Gasteiger partial charge on any atom is 0.0962 e. The molecule has 0 aromatic carbocycles. The van der Waals surface area contributed by atoms with Crippen molar-refractivity contribution < 1.29 is 4.39 Å². The SMILES string of the molecule is CC.CC.CCC(C)CCC(CC)(CF)CNC. The minimum Gasteiger partial charge on any atom is -0.319 e. The van der Waals surface area contributed by atoms with Crippen LogP contribution in [0.4, 0.5) is 4.39 Å². The molecule has 0 bridgehead atoms. The molecule has 1 nitrogen and oxygen atoms in total. The maximum absolute atomic E-state index is 13.0. The summed E-state index contributed by atoms with van der Waals surface area (Å²) in [5.74, 6) is 0.726. The van der Waals surface area contributed by atoms with Crippen LogP contribution in [0.5, 0.6) is 0 Å². The lowest BCUT2D eigenvalue weighted by molar-refractivity contribution is 0.165. The smallest absolute Gasteiger partial charge is 0.0962 e. The first-order valence-corrected chi connectivity index (χ1v) is 7.84. The van der Waals surface area contributed by atoms with Crippen LogP contribution in [-0.2, 0) is 0 Å². The molecule has 0 aliphatic rings. The van der Waals surface area contributed by atoms with Gasteiger partial charge in [0, 0.05) is 12.0 Å². The van der Waals surface area contributed by atoms with Crippen LogP contribution in [0.15, 0.2) is 0 Å². The van der Waals surface area contributed by atoms with Gasteiger partial charge in [-0.15, -0.1) is 0 Å². The molecule has 114 valence electrons. The van der Waals surface area contributed by atoms with E-state index in [1.807, 2.05) is 34.7 Å². The van der Waals surface area contributed by atoms with Gasteiger partial charge in [0.1, 0.15) is 0 Å². The molecule has 0 aliphatic heterocycles. The number of hydrogen-bond acceptors (Lipinski definition) is 1. The summed E-state index contributed by atoms with van der Waals surface area (Å²) in [7, 11) is 1.91. The van der Waals surface area contributed by atoms with E-state index < -0.39 is 0 Å². The van der Waals surface area contributed by atoms with Gasteiger partial charge < -0.3 is 5.32 Å². The van der Waals surface area contributed by atoms with Crippen LogP contribution in [0.3, 0.4) is 0 Å². The highest BCUT2D eigenvalue weighted by molar-refractivity contribution is 4.79. The van der Waals surface area contributed by atoms with E-state index in [2.05, 4.69) is 26.1 Å². The molecule has 0 amide bonds. The van der Waals surface area contributed by atoms with Gasteiger partial charge in [0.05, 0.1) is 6.67 Å². The molecule has 2 atom stereocenters. The molecule has 2 unspecified atom stereocenters. The van der Waals surface area contributed by atoms with Crippen molar-refractivity contribution in [3.63, 3.8) is 0 Å². The molecule has 0 saturated carbocycles. The zero-order valence-corrected chi connectivity index (χ0v) is 14.2. The van der Waals surface area contributed by atoms with Crippen LogP contribution in [-0.4, -0.2) is 20.3 Å². The Morgan fingerprint density at radius 3 is 1.89 bits per heavy atom. The third-order valence-corrected chi connectivity index (χ3v) is 3.45. The fourth-order valence-electron chi connectivity index (χ4n) is 1.73. The fourth-order valence-corrected chi connectivity index (χ4v) is 1.73. The second kappa shape index (κ2) is 16.9. The zero-order valence-electron chi connectivity index (χ0n) is 14.2. The number of rotatable bonds is 8. The van der Waals surface area contributed by atoms with Crippen LogP contribution < -0.4 is 5.32 Å². The molecule has 0 fully saturated rings. The third kappa shape index (κ3) is 11.0. The van der Waals surface area contributed by atoms with Gasteiger partial charge in [0.2, 0.25) is 0 Å². The largest absolute Gasteiger partial charge is 0.319 e. The highest BCUT2D eigenvalue weighted by atomic mass is 19.1. The van der Waals surface area contributed by atoms with E-state index in [0.717, 1.165) is 31.7 Å². The van der Waals surface area contributed by atoms with E-state index in [-0.39, 0.29) is 12.1 Å². The van der Waals surface area contributed by atoms with Crippen molar-refractivity contribution in [1.29, 1.82) is 0 Å². The Hall–Kier alpha value is -0.110. The van der Waals surface area contributed by atoms with Crippen LogP contribution in [0, 0.1) is 11.3 Å². The van der Waals surface area contributed by atoms with E-state index in [4.69, 9.17) is 0 Å². The monoisotopic (exact) mass is 263 g/mol. The molecule has 0 spiro atoms. The van der Waals surface area contributed by atoms with E-state index in [0.29, 0.717) is 0 Å². The highest BCUT2D eigenvalue weighted by Gasteiger charge is 2.27. The van der Waals surface area contributed by atoms with Crippen LogP contribution in [0.25, 0.3) is 0 Å².